The van der Waals surface area contributed by atoms with Gasteiger partial charge in [0.1, 0.15) is 12.4 Å². The summed E-state index contributed by atoms with van der Waals surface area (Å²) < 4.78 is 17.0. The SMILES string of the molecule is COc1ccc(/C=C(/C(=O)N2CCOCC2)c2nc3ccccc3[nH]2)cc1OCc1ccccc1. The molecule has 35 heavy (non-hydrogen) atoms. The maximum atomic E-state index is 13.6. The number of imidazole rings is 1. The second-order valence-corrected chi connectivity index (χ2v) is 8.25. The number of hydrogen-bond donors (Lipinski definition) is 1. The first kappa shape index (κ1) is 22.7. The number of methoxy groups -OCH3 is 1. The van der Waals surface area contributed by atoms with Crippen molar-refractivity contribution in [2.24, 2.45) is 0 Å². The Labute approximate surface area is 204 Å². The molecule has 1 N–H and O–H groups in total. The fraction of sp³-hybridized carbons (Fsp3) is 0.214. The van der Waals surface area contributed by atoms with E-state index in [1.165, 1.54) is 0 Å². The van der Waals surface area contributed by atoms with E-state index < -0.39 is 0 Å². The highest BCUT2D eigenvalue weighted by atomic mass is 16.5. The van der Waals surface area contributed by atoms with E-state index >= 15 is 0 Å². The molecule has 1 aliphatic heterocycles. The lowest BCUT2D eigenvalue weighted by atomic mass is 10.1. The molecular formula is C28H27N3O4. The maximum absolute atomic E-state index is 13.6. The van der Waals surface area contributed by atoms with Gasteiger partial charge in [0.15, 0.2) is 11.5 Å². The fourth-order valence-electron chi connectivity index (χ4n) is 4.05. The monoisotopic (exact) mass is 469 g/mol. The van der Waals surface area contributed by atoms with Gasteiger partial charge < -0.3 is 24.1 Å². The highest BCUT2D eigenvalue weighted by Gasteiger charge is 2.24. The zero-order chi connectivity index (χ0) is 24.0. The number of aromatic amines is 1. The van der Waals surface area contributed by atoms with Crippen molar-refractivity contribution in [3.05, 3.63) is 89.7 Å². The standard InChI is InChI=1S/C28H27N3O4/c1-33-25-12-11-21(18-26(25)35-19-20-7-3-2-4-8-20)17-22(28(32)31-13-15-34-16-14-31)27-29-23-9-5-6-10-24(23)30-27/h2-12,17-18H,13-16,19H2,1H3,(H,29,30)/b22-17+. The topological polar surface area (TPSA) is 76.7 Å². The van der Waals surface area contributed by atoms with Crippen molar-refractivity contribution in [2.75, 3.05) is 33.4 Å². The third-order valence-electron chi connectivity index (χ3n) is 5.91. The van der Waals surface area contributed by atoms with Crippen molar-refractivity contribution in [2.45, 2.75) is 6.61 Å². The Kier molecular flexibility index (Phi) is 6.77. The number of para-hydroxylation sites is 2. The molecule has 1 saturated heterocycles. The van der Waals surface area contributed by atoms with Gasteiger partial charge in [0, 0.05) is 13.1 Å². The van der Waals surface area contributed by atoms with Gasteiger partial charge in [-0.05, 0) is 41.5 Å². The number of ether oxygens (including phenoxy) is 3. The van der Waals surface area contributed by atoms with Crippen LogP contribution in [-0.2, 0) is 16.1 Å². The molecule has 0 bridgehead atoms. The Morgan fingerprint density at radius 3 is 2.57 bits per heavy atom. The van der Waals surface area contributed by atoms with Crippen LogP contribution >= 0.6 is 0 Å². The summed E-state index contributed by atoms with van der Waals surface area (Å²) >= 11 is 0. The number of H-pyrrole nitrogens is 1. The average Bonchev–Trinajstić information content (AvgIpc) is 3.35. The van der Waals surface area contributed by atoms with E-state index in [4.69, 9.17) is 19.2 Å². The van der Waals surface area contributed by atoms with Gasteiger partial charge >= 0.3 is 0 Å². The third-order valence-corrected chi connectivity index (χ3v) is 5.91. The van der Waals surface area contributed by atoms with Gasteiger partial charge in [-0.25, -0.2) is 4.98 Å². The summed E-state index contributed by atoms with van der Waals surface area (Å²) in [5.41, 5.74) is 4.05. The normalized spacial score (nSPS) is 14.2. The molecule has 0 saturated carbocycles. The van der Waals surface area contributed by atoms with Crippen LogP contribution < -0.4 is 9.47 Å². The molecule has 0 aliphatic carbocycles. The van der Waals surface area contributed by atoms with Crippen molar-refractivity contribution in [1.29, 1.82) is 0 Å². The molecule has 5 rings (SSSR count). The van der Waals surface area contributed by atoms with E-state index in [-0.39, 0.29) is 5.91 Å². The molecule has 7 heteroatoms. The summed E-state index contributed by atoms with van der Waals surface area (Å²) in [5.74, 6) is 1.68. The number of carbonyl (C=O) groups excluding carboxylic acids is 1. The molecule has 0 unspecified atom stereocenters. The van der Waals surface area contributed by atoms with Gasteiger partial charge in [0.25, 0.3) is 5.91 Å². The van der Waals surface area contributed by atoms with Crippen LogP contribution in [0.15, 0.2) is 72.8 Å². The zero-order valence-corrected chi connectivity index (χ0v) is 19.6. The second kappa shape index (κ2) is 10.4. The van der Waals surface area contributed by atoms with Crippen LogP contribution in [0.5, 0.6) is 11.5 Å². The van der Waals surface area contributed by atoms with Gasteiger partial charge in [0.2, 0.25) is 0 Å². The highest BCUT2D eigenvalue weighted by molar-refractivity contribution is 6.23. The summed E-state index contributed by atoms with van der Waals surface area (Å²) in [6, 6.07) is 23.3. The molecule has 1 aromatic heterocycles. The number of nitrogens with zero attached hydrogens (tertiary/aromatic N) is 2. The van der Waals surface area contributed by atoms with E-state index in [0.717, 1.165) is 22.2 Å². The molecule has 178 valence electrons. The molecule has 1 amide bonds. The Morgan fingerprint density at radius 2 is 1.80 bits per heavy atom. The van der Waals surface area contributed by atoms with Crippen LogP contribution in [0.1, 0.15) is 17.0 Å². The minimum absolute atomic E-state index is 0.0880. The molecule has 1 aliphatic rings. The summed E-state index contributed by atoms with van der Waals surface area (Å²) in [4.78, 5) is 23.4. The molecule has 4 aromatic rings. The van der Waals surface area contributed by atoms with Crippen LogP contribution in [-0.4, -0.2) is 54.2 Å². The predicted molar refractivity (Wildman–Crippen MR) is 135 cm³/mol. The van der Waals surface area contributed by atoms with Crippen molar-refractivity contribution < 1.29 is 19.0 Å². The Balaban J connectivity index is 1.51. The lowest BCUT2D eigenvalue weighted by Gasteiger charge is -2.27. The van der Waals surface area contributed by atoms with E-state index in [2.05, 4.69) is 4.98 Å². The fourth-order valence-corrected chi connectivity index (χ4v) is 4.05. The van der Waals surface area contributed by atoms with Gasteiger partial charge in [-0.3, -0.25) is 4.79 Å². The van der Waals surface area contributed by atoms with Gasteiger partial charge in [0.05, 0.1) is 36.9 Å². The second-order valence-electron chi connectivity index (χ2n) is 8.25. The molecular weight excluding hydrogens is 442 g/mol. The number of rotatable bonds is 7. The number of nitrogens with one attached hydrogen (secondary N) is 1. The third kappa shape index (κ3) is 5.20. The Morgan fingerprint density at radius 1 is 1.03 bits per heavy atom. The van der Waals surface area contributed by atoms with Crippen LogP contribution in [0.3, 0.4) is 0 Å². The van der Waals surface area contributed by atoms with Gasteiger partial charge in [-0.1, -0.05) is 48.5 Å². The van der Waals surface area contributed by atoms with E-state index in [0.29, 0.717) is 55.8 Å². The van der Waals surface area contributed by atoms with Crippen LogP contribution in [0.25, 0.3) is 22.7 Å². The first-order valence-corrected chi connectivity index (χ1v) is 11.6. The molecule has 0 spiro atoms. The Hall–Kier alpha value is -4.10. The van der Waals surface area contributed by atoms with Crippen molar-refractivity contribution in [1.82, 2.24) is 14.9 Å². The molecule has 3 aromatic carbocycles. The number of carbonyl (C=O) groups is 1. The number of hydrogen-bond acceptors (Lipinski definition) is 5. The molecule has 1 fully saturated rings. The molecule has 0 radical (unpaired) electrons. The number of morpholine rings is 1. The van der Waals surface area contributed by atoms with Crippen molar-refractivity contribution in [3.8, 4) is 11.5 Å². The first-order chi connectivity index (χ1) is 17.2. The van der Waals surface area contributed by atoms with E-state index in [1.54, 1.807) is 12.0 Å². The van der Waals surface area contributed by atoms with Crippen LogP contribution in [0, 0.1) is 0 Å². The Bertz CT molecular complexity index is 1310. The number of aromatic nitrogens is 2. The minimum atomic E-state index is -0.0880. The first-order valence-electron chi connectivity index (χ1n) is 11.6. The summed E-state index contributed by atoms with van der Waals surface area (Å²) in [5, 5.41) is 0. The number of benzene rings is 3. The summed E-state index contributed by atoms with van der Waals surface area (Å²) in [6.07, 6.45) is 1.85. The zero-order valence-electron chi connectivity index (χ0n) is 19.6. The van der Waals surface area contributed by atoms with E-state index in [1.807, 2.05) is 78.9 Å². The lowest BCUT2D eigenvalue weighted by Crippen LogP contribution is -2.41. The molecule has 7 nitrogen and oxygen atoms in total. The molecule has 2 heterocycles. The van der Waals surface area contributed by atoms with E-state index in [9.17, 15) is 4.79 Å². The van der Waals surface area contributed by atoms with Gasteiger partial charge in [-0.15, -0.1) is 0 Å². The number of amides is 1. The lowest BCUT2D eigenvalue weighted by molar-refractivity contribution is -0.128. The van der Waals surface area contributed by atoms with Gasteiger partial charge in [-0.2, -0.15) is 0 Å². The average molecular weight is 470 g/mol. The minimum Gasteiger partial charge on any atom is -0.493 e. The summed E-state index contributed by atoms with van der Waals surface area (Å²) in [6.45, 7) is 2.56. The summed E-state index contributed by atoms with van der Waals surface area (Å²) in [7, 11) is 1.61. The largest absolute Gasteiger partial charge is 0.493 e. The quantitative estimate of drug-likeness (QED) is 0.402. The van der Waals surface area contributed by atoms with Crippen molar-refractivity contribution >= 4 is 28.6 Å². The van der Waals surface area contributed by atoms with Crippen molar-refractivity contribution in [3.63, 3.8) is 0 Å². The maximum Gasteiger partial charge on any atom is 0.257 e. The highest BCUT2D eigenvalue weighted by Crippen LogP contribution is 2.31. The number of fused-ring (bicyclic) bond motifs is 1. The smallest absolute Gasteiger partial charge is 0.257 e. The van der Waals surface area contributed by atoms with Crippen LogP contribution in [0.4, 0.5) is 0 Å². The molecule has 0 atom stereocenters. The predicted octanol–water partition coefficient (Wildman–Crippen LogP) is 4.55. The van der Waals surface area contributed by atoms with Crippen LogP contribution in [0.2, 0.25) is 0 Å².